The standard InChI is InChI=1S/C20H19N5O3/c1-28-15-9-7-14(8-10-15)18-22-20-23-19(27)16(25(20)24-18)11-17(26)21-12-13-5-3-2-4-6-13/h2-10,16H,11-12H2,1H3,(H,21,26)(H,22,23,24,27). The Morgan fingerprint density at radius 1 is 1.18 bits per heavy atom. The number of nitrogens with one attached hydrogen (secondary N) is 2. The normalized spacial score (nSPS) is 15.0. The van der Waals surface area contributed by atoms with Crippen LogP contribution in [0.4, 0.5) is 5.95 Å². The molecule has 3 aromatic rings. The summed E-state index contributed by atoms with van der Waals surface area (Å²) in [5.41, 5.74) is 1.79. The Balaban J connectivity index is 1.45. The Kier molecular flexibility index (Phi) is 4.76. The van der Waals surface area contributed by atoms with Gasteiger partial charge in [-0.3, -0.25) is 14.9 Å². The molecule has 1 aromatic heterocycles. The number of fused-ring (bicyclic) bond motifs is 1. The van der Waals surface area contributed by atoms with Crippen LogP contribution in [-0.2, 0) is 16.1 Å². The molecule has 0 saturated carbocycles. The maximum atomic E-state index is 12.3. The van der Waals surface area contributed by atoms with Gasteiger partial charge in [0, 0.05) is 12.1 Å². The zero-order valence-electron chi connectivity index (χ0n) is 15.3. The first-order valence-electron chi connectivity index (χ1n) is 8.86. The molecule has 8 heteroatoms. The topological polar surface area (TPSA) is 98.1 Å². The molecule has 0 bridgehead atoms. The van der Waals surface area contributed by atoms with Crippen LogP contribution in [0.25, 0.3) is 11.4 Å². The summed E-state index contributed by atoms with van der Waals surface area (Å²) in [6.07, 6.45) is -0.00290. The largest absolute Gasteiger partial charge is 0.497 e. The van der Waals surface area contributed by atoms with E-state index in [1.54, 1.807) is 7.11 Å². The van der Waals surface area contributed by atoms with Gasteiger partial charge in [-0.2, -0.15) is 4.98 Å². The Labute approximate surface area is 161 Å². The van der Waals surface area contributed by atoms with Gasteiger partial charge in [0.2, 0.25) is 11.9 Å². The van der Waals surface area contributed by atoms with Crippen molar-refractivity contribution in [3.8, 4) is 17.1 Å². The summed E-state index contributed by atoms with van der Waals surface area (Å²) in [6, 6.07) is 16.2. The first kappa shape index (κ1) is 17.7. The van der Waals surface area contributed by atoms with Crippen LogP contribution in [0.15, 0.2) is 54.6 Å². The van der Waals surface area contributed by atoms with E-state index in [2.05, 4.69) is 20.7 Å². The number of hydrogen-bond acceptors (Lipinski definition) is 5. The number of carbonyl (C=O) groups excluding carboxylic acids is 2. The fourth-order valence-corrected chi connectivity index (χ4v) is 3.02. The summed E-state index contributed by atoms with van der Waals surface area (Å²) < 4.78 is 6.62. The van der Waals surface area contributed by atoms with Crippen molar-refractivity contribution in [1.82, 2.24) is 20.1 Å². The molecule has 1 atom stereocenters. The van der Waals surface area contributed by atoms with Gasteiger partial charge in [-0.05, 0) is 29.8 Å². The van der Waals surface area contributed by atoms with Crippen molar-refractivity contribution in [2.24, 2.45) is 0 Å². The molecule has 2 heterocycles. The van der Waals surface area contributed by atoms with Crippen molar-refractivity contribution in [3.05, 3.63) is 60.2 Å². The smallest absolute Gasteiger partial charge is 0.252 e. The fraction of sp³-hybridized carbons (Fsp3) is 0.200. The summed E-state index contributed by atoms with van der Waals surface area (Å²) in [5, 5.41) is 9.94. The van der Waals surface area contributed by atoms with E-state index >= 15 is 0 Å². The minimum atomic E-state index is -0.717. The van der Waals surface area contributed by atoms with E-state index in [0.29, 0.717) is 18.3 Å². The van der Waals surface area contributed by atoms with Crippen LogP contribution < -0.4 is 15.4 Å². The van der Waals surface area contributed by atoms with Crippen molar-refractivity contribution < 1.29 is 14.3 Å². The zero-order valence-corrected chi connectivity index (χ0v) is 15.3. The molecule has 0 spiro atoms. The lowest BCUT2D eigenvalue weighted by atomic mass is 10.2. The summed E-state index contributed by atoms with van der Waals surface area (Å²) in [5.74, 6) is 1.05. The van der Waals surface area contributed by atoms with Gasteiger partial charge in [0.1, 0.15) is 11.8 Å². The minimum absolute atomic E-state index is 0.00290. The number of amides is 2. The van der Waals surface area contributed by atoms with Gasteiger partial charge in [-0.1, -0.05) is 30.3 Å². The van der Waals surface area contributed by atoms with Crippen LogP contribution in [0.3, 0.4) is 0 Å². The molecular weight excluding hydrogens is 358 g/mol. The second kappa shape index (κ2) is 7.51. The van der Waals surface area contributed by atoms with Crippen molar-refractivity contribution in [2.75, 3.05) is 12.4 Å². The van der Waals surface area contributed by atoms with Crippen LogP contribution in [-0.4, -0.2) is 33.7 Å². The van der Waals surface area contributed by atoms with E-state index in [1.165, 1.54) is 4.68 Å². The van der Waals surface area contributed by atoms with E-state index in [9.17, 15) is 9.59 Å². The molecule has 2 amide bonds. The molecule has 1 unspecified atom stereocenters. The third-order valence-electron chi connectivity index (χ3n) is 4.52. The third-order valence-corrected chi connectivity index (χ3v) is 4.52. The Morgan fingerprint density at radius 2 is 1.93 bits per heavy atom. The highest BCUT2D eigenvalue weighted by molar-refractivity contribution is 5.98. The van der Waals surface area contributed by atoms with Gasteiger partial charge >= 0.3 is 0 Å². The molecule has 0 saturated heterocycles. The predicted octanol–water partition coefficient (Wildman–Crippen LogP) is 2.15. The maximum Gasteiger partial charge on any atom is 0.252 e. The number of carbonyl (C=O) groups is 2. The Bertz CT molecular complexity index is 998. The van der Waals surface area contributed by atoms with Gasteiger partial charge in [0.25, 0.3) is 5.91 Å². The average molecular weight is 377 g/mol. The second-order valence-corrected chi connectivity index (χ2v) is 6.40. The zero-order chi connectivity index (χ0) is 19.5. The van der Waals surface area contributed by atoms with Crippen molar-refractivity contribution in [1.29, 1.82) is 0 Å². The second-order valence-electron chi connectivity index (χ2n) is 6.40. The van der Waals surface area contributed by atoms with Crippen LogP contribution in [0, 0.1) is 0 Å². The quantitative estimate of drug-likeness (QED) is 0.686. The summed E-state index contributed by atoms with van der Waals surface area (Å²) in [7, 11) is 1.60. The Morgan fingerprint density at radius 3 is 2.64 bits per heavy atom. The van der Waals surface area contributed by atoms with Gasteiger partial charge in [0.15, 0.2) is 5.82 Å². The number of hydrogen-bond donors (Lipinski definition) is 2. The molecule has 0 radical (unpaired) electrons. The van der Waals surface area contributed by atoms with Gasteiger partial charge in [-0.25, -0.2) is 4.68 Å². The van der Waals surface area contributed by atoms with Crippen molar-refractivity contribution >= 4 is 17.8 Å². The van der Waals surface area contributed by atoms with Crippen molar-refractivity contribution in [3.63, 3.8) is 0 Å². The summed E-state index contributed by atoms with van der Waals surface area (Å²) >= 11 is 0. The number of rotatable bonds is 6. The highest BCUT2D eigenvalue weighted by atomic mass is 16.5. The molecule has 8 nitrogen and oxygen atoms in total. The minimum Gasteiger partial charge on any atom is -0.497 e. The van der Waals surface area contributed by atoms with E-state index in [1.807, 2.05) is 54.6 Å². The van der Waals surface area contributed by atoms with Crippen LogP contribution in [0.1, 0.15) is 18.0 Å². The predicted molar refractivity (Wildman–Crippen MR) is 103 cm³/mol. The molecule has 2 N–H and O–H groups in total. The van der Waals surface area contributed by atoms with Gasteiger partial charge < -0.3 is 10.1 Å². The van der Waals surface area contributed by atoms with Crippen LogP contribution in [0.5, 0.6) is 5.75 Å². The van der Waals surface area contributed by atoms with Crippen LogP contribution in [0.2, 0.25) is 0 Å². The van der Waals surface area contributed by atoms with E-state index in [4.69, 9.17) is 4.74 Å². The lowest BCUT2D eigenvalue weighted by Gasteiger charge is -2.10. The average Bonchev–Trinajstić information content (AvgIpc) is 3.26. The molecule has 28 heavy (non-hydrogen) atoms. The highest BCUT2D eigenvalue weighted by Crippen LogP contribution is 2.28. The lowest BCUT2D eigenvalue weighted by Crippen LogP contribution is -2.28. The van der Waals surface area contributed by atoms with Gasteiger partial charge in [0.05, 0.1) is 13.5 Å². The Hall–Kier alpha value is -3.68. The summed E-state index contributed by atoms with van der Waals surface area (Å²) in [4.78, 5) is 28.9. The monoisotopic (exact) mass is 377 g/mol. The van der Waals surface area contributed by atoms with E-state index in [-0.39, 0.29) is 18.2 Å². The first-order valence-corrected chi connectivity index (χ1v) is 8.86. The number of benzene rings is 2. The third kappa shape index (κ3) is 3.57. The fourth-order valence-electron chi connectivity index (χ4n) is 3.02. The molecule has 0 aliphatic carbocycles. The lowest BCUT2D eigenvalue weighted by molar-refractivity contribution is -0.126. The summed E-state index contributed by atoms with van der Waals surface area (Å²) in [6.45, 7) is 0.412. The first-order chi connectivity index (χ1) is 13.6. The number of methoxy groups -OCH3 is 1. The molecule has 0 fully saturated rings. The maximum absolute atomic E-state index is 12.3. The highest BCUT2D eigenvalue weighted by Gasteiger charge is 2.35. The number of anilines is 1. The van der Waals surface area contributed by atoms with Crippen molar-refractivity contribution in [2.45, 2.75) is 19.0 Å². The number of nitrogens with zero attached hydrogens (tertiary/aromatic N) is 3. The molecule has 1 aliphatic heterocycles. The van der Waals surface area contributed by atoms with E-state index < -0.39 is 6.04 Å². The molecule has 142 valence electrons. The molecule has 4 rings (SSSR count). The van der Waals surface area contributed by atoms with Crippen LogP contribution >= 0.6 is 0 Å². The van der Waals surface area contributed by atoms with Gasteiger partial charge in [-0.15, -0.1) is 5.10 Å². The molecular formula is C20H19N5O3. The SMILES string of the molecule is COc1ccc(-c2nc3n(n2)C(CC(=O)NCc2ccccc2)C(=O)N3)cc1. The molecule has 2 aromatic carbocycles. The number of aromatic nitrogens is 3. The molecule has 1 aliphatic rings. The van der Waals surface area contributed by atoms with E-state index in [0.717, 1.165) is 16.9 Å². The number of ether oxygens (including phenoxy) is 1.